The molecule has 0 spiro atoms. The maximum Gasteiger partial charge on any atom is 0.405 e. The van der Waals surface area contributed by atoms with Crippen LogP contribution in [0.15, 0.2) is 53.5 Å². The van der Waals surface area contributed by atoms with Crippen LogP contribution in [0.5, 0.6) is 0 Å². The van der Waals surface area contributed by atoms with E-state index in [9.17, 15) is 22.8 Å². The number of ketones is 1. The number of hydrogen-bond acceptors (Lipinski definition) is 3. The van der Waals surface area contributed by atoms with Crippen molar-refractivity contribution < 1.29 is 27.5 Å². The number of halogens is 4. The summed E-state index contributed by atoms with van der Waals surface area (Å²) in [5.74, 6) is -2.24. The van der Waals surface area contributed by atoms with Gasteiger partial charge < -0.3 is 4.74 Å². The monoisotopic (exact) mass is 460 g/mol. The van der Waals surface area contributed by atoms with Gasteiger partial charge in [0.2, 0.25) is 0 Å². The lowest BCUT2D eigenvalue weighted by atomic mass is 9.77. The molecule has 154 valence electrons. The van der Waals surface area contributed by atoms with Gasteiger partial charge in [0, 0.05) is 16.5 Å². The molecule has 0 heterocycles. The van der Waals surface area contributed by atoms with Gasteiger partial charge >= 0.3 is 12.1 Å². The van der Waals surface area contributed by atoms with E-state index in [0.717, 1.165) is 0 Å². The first-order valence-corrected chi connectivity index (χ1v) is 9.74. The van der Waals surface area contributed by atoms with E-state index >= 15 is 0 Å². The number of hydrogen-bond donors (Lipinski definition) is 0. The van der Waals surface area contributed by atoms with Crippen LogP contribution < -0.4 is 0 Å². The molecule has 28 heavy (non-hydrogen) atoms. The second-order valence-corrected chi connectivity index (χ2v) is 7.27. The Morgan fingerprint density at radius 2 is 1.79 bits per heavy atom. The van der Waals surface area contributed by atoms with E-state index in [1.165, 1.54) is 30.4 Å². The van der Waals surface area contributed by atoms with Crippen LogP contribution in [0.25, 0.3) is 0 Å². The number of allylic oxidation sites excluding steroid dienone is 2. The lowest BCUT2D eigenvalue weighted by Crippen LogP contribution is -2.48. The molecule has 0 aliphatic heterocycles. The van der Waals surface area contributed by atoms with Crippen LogP contribution in [0.1, 0.15) is 49.9 Å². The molecule has 0 radical (unpaired) electrons. The Kier molecular flexibility index (Phi) is 9.14. The third-order valence-corrected chi connectivity index (χ3v) is 4.88. The molecule has 2 unspecified atom stereocenters. The fourth-order valence-corrected chi connectivity index (χ4v) is 2.84. The zero-order valence-electron chi connectivity index (χ0n) is 15.9. The first-order chi connectivity index (χ1) is 13.1. The first-order valence-electron chi connectivity index (χ1n) is 8.95. The van der Waals surface area contributed by atoms with E-state index < -0.39 is 42.3 Å². The van der Waals surface area contributed by atoms with Crippen LogP contribution in [-0.4, -0.2) is 24.0 Å². The Labute approximate surface area is 171 Å². The number of ether oxygens (including phenoxy) is 1. The van der Waals surface area contributed by atoms with Crippen LogP contribution in [0.3, 0.4) is 0 Å². The van der Waals surface area contributed by atoms with Crippen molar-refractivity contribution in [3.8, 4) is 0 Å². The zero-order valence-corrected chi connectivity index (χ0v) is 17.5. The van der Waals surface area contributed by atoms with Gasteiger partial charge in [-0.2, -0.15) is 13.2 Å². The first kappa shape index (κ1) is 24.1. The van der Waals surface area contributed by atoms with Crippen LogP contribution in [0, 0.1) is 5.41 Å². The second-order valence-electron chi connectivity index (χ2n) is 6.36. The molecule has 0 saturated heterocycles. The molecule has 3 nitrogen and oxygen atoms in total. The van der Waals surface area contributed by atoms with Crippen molar-refractivity contribution in [1.82, 2.24) is 0 Å². The molecule has 0 fully saturated rings. The molecule has 1 aromatic rings. The fourth-order valence-electron chi connectivity index (χ4n) is 2.57. The maximum absolute atomic E-state index is 14.1. The van der Waals surface area contributed by atoms with Gasteiger partial charge in [-0.25, -0.2) is 0 Å². The minimum absolute atomic E-state index is 0.0971. The number of benzene rings is 1. The highest BCUT2D eigenvalue weighted by Crippen LogP contribution is 2.46. The van der Waals surface area contributed by atoms with E-state index in [1.807, 2.05) is 0 Å². The average Bonchev–Trinajstić information content (AvgIpc) is 2.64. The average molecular weight is 461 g/mol. The van der Waals surface area contributed by atoms with Gasteiger partial charge in [0.05, 0.1) is 0 Å². The summed E-state index contributed by atoms with van der Waals surface area (Å²) in [6.07, 6.45) is -2.64. The van der Waals surface area contributed by atoms with Gasteiger partial charge in [0.25, 0.3) is 0 Å². The van der Waals surface area contributed by atoms with Crippen molar-refractivity contribution in [2.24, 2.45) is 5.41 Å². The van der Waals surface area contributed by atoms with Crippen LogP contribution in [0.4, 0.5) is 13.2 Å². The van der Waals surface area contributed by atoms with Crippen LogP contribution >= 0.6 is 15.9 Å². The predicted octanol–water partition coefficient (Wildman–Crippen LogP) is 6.43. The maximum atomic E-state index is 14.1. The van der Waals surface area contributed by atoms with Gasteiger partial charge in [-0.15, -0.1) is 0 Å². The van der Waals surface area contributed by atoms with Crippen molar-refractivity contribution in [3.05, 3.63) is 59.1 Å². The molecule has 2 atom stereocenters. The minimum Gasteiger partial charge on any atom is -0.457 e. The Morgan fingerprint density at radius 3 is 2.25 bits per heavy atom. The van der Waals surface area contributed by atoms with Crippen LogP contribution in [-0.2, 0) is 9.53 Å². The quantitative estimate of drug-likeness (QED) is 0.229. The normalized spacial score (nSPS) is 15.1. The van der Waals surface area contributed by atoms with E-state index in [-0.39, 0.29) is 12.0 Å². The Morgan fingerprint density at radius 1 is 1.18 bits per heavy atom. The highest BCUT2D eigenvalue weighted by Gasteiger charge is 2.61. The summed E-state index contributed by atoms with van der Waals surface area (Å²) >= 11 is 3.21. The number of carbonyl (C=O) groups is 2. The van der Waals surface area contributed by atoms with Gasteiger partial charge in [0.15, 0.2) is 11.2 Å². The van der Waals surface area contributed by atoms with Crippen molar-refractivity contribution in [1.29, 1.82) is 0 Å². The van der Waals surface area contributed by atoms with Gasteiger partial charge in [-0.1, -0.05) is 66.7 Å². The highest BCUT2D eigenvalue weighted by atomic mass is 79.9. The third-order valence-electron chi connectivity index (χ3n) is 4.35. The van der Waals surface area contributed by atoms with Crippen molar-refractivity contribution >= 4 is 27.7 Å². The predicted molar refractivity (Wildman–Crippen MR) is 106 cm³/mol. The summed E-state index contributed by atoms with van der Waals surface area (Å²) in [6, 6.07) is 5.95. The lowest BCUT2D eigenvalue weighted by molar-refractivity contribution is -0.235. The molecular formula is C21H24BrF3O3. The summed E-state index contributed by atoms with van der Waals surface area (Å²) in [7, 11) is 0. The number of alkyl halides is 3. The minimum atomic E-state index is -4.97. The van der Waals surface area contributed by atoms with E-state index in [2.05, 4.69) is 22.5 Å². The number of Topliss-reactive ketones (excluding diaryl/α,β-unsaturated/α-hetero) is 1. The molecule has 0 N–H and O–H groups in total. The van der Waals surface area contributed by atoms with Gasteiger partial charge in [-0.05, 0) is 31.4 Å². The summed E-state index contributed by atoms with van der Waals surface area (Å²) in [5.41, 5.74) is -2.86. The standard InChI is InChI=1S/C21H24BrF3O3/c1-4-7-8-13-20(21(23,24)25,19(27)28-17(5-2)6-3)14-18(26)15-9-11-16(22)12-10-15/h5,7-12,17H,2,4,6,13-14H2,1,3H3. The second kappa shape index (κ2) is 10.6. The van der Waals surface area contributed by atoms with Crippen LogP contribution in [0.2, 0.25) is 0 Å². The molecule has 0 saturated carbocycles. The number of esters is 1. The fraction of sp³-hybridized carbons (Fsp3) is 0.429. The van der Waals surface area contributed by atoms with Crippen molar-refractivity contribution in [2.75, 3.05) is 0 Å². The zero-order chi connectivity index (χ0) is 21.4. The molecule has 7 heteroatoms. The van der Waals surface area contributed by atoms with Gasteiger partial charge in [0.1, 0.15) is 6.10 Å². The molecule has 1 aromatic carbocycles. The summed E-state index contributed by atoms with van der Waals surface area (Å²) in [5, 5.41) is 0. The third kappa shape index (κ3) is 6.06. The molecular weight excluding hydrogens is 437 g/mol. The summed E-state index contributed by atoms with van der Waals surface area (Å²) in [4.78, 5) is 25.3. The molecule has 0 aromatic heterocycles. The molecule has 0 bridgehead atoms. The van der Waals surface area contributed by atoms with Gasteiger partial charge in [-0.3, -0.25) is 9.59 Å². The number of carbonyl (C=O) groups excluding carboxylic acids is 2. The number of rotatable bonds is 10. The molecule has 1 rings (SSSR count). The summed E-state index contributed by atoms with van der Waals surface area (Å²) < 4.78 is 48.1. The lowest BCUT2D eigenvalue weighted by Gasteiger charge is -2.33. The van der Waals surface area contributed by atoms with Crippen molar-refractivity contribution in [3.63, 3.8) is 0 Å². The molecule has 0 aliphatic rings. The highest BCUT2D eigenvalue weighted by molar-refractivity contribution is 9.10. The largest absolute Gasteiger partial charge is 0.457 e. The smallest absolute Gasteiger partial charge is 0.405 e. The summed E-state index contributed by atoms with van der Waals surface area (Å²) in [6.45, 7) is 6.91. The van der Waals surface area contributed by atoms with Crippen molar-refractivity contribution in [2.45, 2.75) is 51.8 Å². The Hall–Kier alpha value is -1.89. The molecule has 0 amide bonds. The Balaban J connectivity index is 3.34. The van der Waals surface area contributed by atoms with E-state index in [4.69, 9.17) is 4.74 Å². The SMILES string of the molecule is C=CC(CC)OC(=O)C(CC=CCC)(CC(=O)c1ccc(Br)cc1)C(F)(F)F. The Bertz CT molecular complexity index is 711. The van der Waals surface area contributed by atoms with E-state index in [1.54, 1.807) is 26.0 Å². The topological polar surface area (TPSA) is 43.4 Å². The van der Waals surface area contributed by atoms with E-state index in [0.29, 0.717) is 10.9 Å². The molecule has 0 aliphatic carbocycles.